The second-order valence-electron chi connectivity index (χ2n) is 3.72. The fourth-order valence-electron chi connectivity index (χ4n) is 0.967. The van der Waals surface area contributed by atoms with Crippen LogP contribution in [0.1, 0.15) is 5.69 Å². The Morgan fingerprint density at radius 3 is 2.33 bits per heavy atom. The number of nitrogens with zero attached hydrogens (tertiary/aromatic N) is 1. The highest BCUT2D eigenvalue weighted by molar-refractivity contribution is 4.91. The smallest absolute Gasteiger partial charge is 0.323 e. The lowest BCUT2D eigenvalue weighted by Gasteiger charge is -2.22. The summed E-state index contributed by atoms with van der Waals surface area (Å²) in [6.45, 7) is 0.832. The van der Waals surface area contributed by atoms with Gasteiger partial charge in [-0.25, -0.2) is 4.79 Å². The number of nitrogens with one attached hydrogen (secondary N) is 2. The maximum absolute atomic E-state index is 10.7. The highest BCUT2D eigenvalue weighted by Gasteiger charge is 2.09. The number of rotatable bonds is 2. The SMILES string of the molecule is C[N+](C)(C)Cc1c[nH]c(=O)[nH]1.[Br-]. The average molecular weight is 236 g/mol. The summed E-state index contributed by atoms with van der Waals surface area (Å²) in [6, 6.07) is 0. The van der Waals surface area contributed by atoms with Gasteiger partial charge in [-0.2, -0.15) is 0 Å². The zero-order valence-corrected chi connectivity index (χ0v) is 9.10. The number of aromatic amines is 2. The molecule has 0 saturated carbocycles. The topological polar surface area (TPSA) is 48.6 Å². The van der Waals surface area contributed by atoms with Gasteiger partial charge in [-0.1, -0.05) is 0 Å². The van der Waals surface area contributed by atoms with Crippen LogP contribution in [0.15, 0.2) is 11.0 Å². The van der Waals surface area contributed by atoms with E-state index in [1.807, 2.05) is 0 Å². The fourth-order valence-corrected chi connectivity index (χ4v) is 0.967. The summed E-state index contributed by atoms with van der Waals surface area (Å²) in [7, 11) is 6.22. The Labute approximate surface area is 82.0 Å². The van der Waals surface area contributed by atoms with Crippen molar-refractivity contribution in [3.8, 4) is 0 Å². The Balaban J connectivity index is 0.00000121. The molecule has 0 spiro atoms. The van der Waals surface area contributed by atoms with E-state index >= 15 is 0 Å². The van der Waals surface area contributed by atoms with E-state index in [0.717, 1.165) is 16.7 Å². The number of quaternary nitrogens is 1. The van der Waals surface area contributed by atoms with E-state index < -0.39 is 0 Å². The minimum atomic E-state index is -0.131. The molecule has 0 aromatic carbocycles. The molecule has 0 amide bonds. The first kappa shape index (κ1) is 11.4. The maximum Gasteiger partial charge on any atom is 0.323 e. The predicted molar refractivity (Wildman–Crippen MR) is 43.1 cm³/mol. The van der Waals surface area contributed by atoms with E-state index in [9.17, 15) is 4.79 Å². The van der Waals surface area contributed by atoms with Crippen molar-refractivity contribution >= 4 is 0 Å². The fraction of sp³-hybridized carbons (Fsp3) is 0.571. The lowest BCUT2D eigenvalue weighted by atomic mass is 10.4. The van der Waals surface area contributed by atoms with Crippen LogP contribution in [0.5, 0.6) is 0 Å². The van der Waals surface area contributed by atoms with Crippen LogP contribution in [0.4, 0.5) is 0 Å². The van der Waals surface area contributed by atoms with Crippen LogP contribution in [0.3, 0.4) is 0 Å². The first-order chi connectivity index (χ1) is 4.97. The zero-order valence-electron chi connectivity index (χ0n) is 7.52. The van der Waals surface area contributed by atoms with Gasteiger partial charge in [0.15, 0.2) is 0 Å². The highest BCUT2D eigenvalue weighted by atomic mass is 79.9. The van der Waals surface area contributed by atoms with Crippen molar-refractivity contribution in [1.82, 2.24) is 9.97 Å². The molecule has 0 unspecified atom stereocenters. The Bertz CT molecular complexity index is 283. The van der Waals surface area contributed by atoms with Crippen LogP contribution in [0, 0.1) is 0 Å². The minimum absolute atomic E-state index is 0. The van der Waals surface area contributed by atoms with Crippen molar-refractivity contribution in [2.24, 2.45) is 0 Å². The van der Waals surface area contributed by atoms with Crippen LogP contribution < -0.4 is 22.7 Å². The summed E-state index contributed by atoms with van der Waals surface area (Å²) in [4.78, 5) is 15.9. The van der Waals surface area contributed by atoms with Gasteiger partial charge in [0.25, 0.3) is 0 Å². The van der Waals surface area contributed by atoms with E-state index in [4.69, 9.17) is 0 Å². The second-order valence-corrected chi connectivity index (χ2v) is 3.72. The lowest BCUT2D eigenvalue weighted by Crippen LogP contribution is -3.00. The predicted octanol–water partition coefficient (Wildman–Crippen LogP) is -3.09. The summed E-state index contributed by atoms with van der Waals surface area (Å²) in [6.07, 6.45) is 1.71. The molecule has 12 heavy (non-hydrogen) atoms. The number of imidazole rings is 1. The molecular weight excluding hydrogens is 222 g/mol. The molecule has 1 aromatic rings. The van der Waals surface area contributed by atoms with E-state index in [-0.39, 0.29) is 22.7 Å². The molecule has 0 radical (unpaired) electrons. The van der Waals surface area contributed by atoms with E-state index in [0.29, 0.717) is 0 Å². The minimum Gasteiger partial charge on any atom is -1.00 e. The van der Waals surface area contributed by atoms with E-state index in [2.05, 4.69) is 31.1 Å². The summed E-state index contributed by atoms with van der Waals surface area (Å²) in [5, 5.41) is 0. The van der Waals surface area contributed by atoms with Crippen LogP contribution in [0.25, 0.3) is 0 Å². The van der Waals surface area contributed by atoms with Gasteiger partial charge in [0.05, 0.1) is 26.8 Å². The largest absolute Gasteiger partial charge is 1.00 e. The Kier molecular flexibility index (Phi) is 3.73. The number of hydrogen-bond acceptors (Lipinski definition) is 1. The van der Waals surface area contributed by atoms with Crippen LogP contribution >= 0.6 is 0 Å². The summed E-state index contributed by atoms with van der Waals surface area (Å²) >= 11 is 0. The van der Waals surface area contributed by atoms with Crippen molar-refractivity contribution < 1.29 is 21.5 Å². The van der Waals surface area contributed by atoms with Gasteiger partial charge >= 0.3 is 5.69 Å². The van der Waals surface area contributed by atoms with Crippen molar-refractivity contribution in [3.05, 3.63) is 22.4 Å². The van der Waals surface area contributed by atoms with Crippen LogP contribution in [0.2, 0.25) is 0 Å². The molecule has 0 saturated heterocycles. The molecule has 0 aliphatic carbocycles. The van der Waals surface area contributed by atoms with Crippen LogP contribution in [-0.4, -0.2) is 35.6 Å². The summed E-state index contributed by atoms with van der Waals surface area (Å²) in [5.74, 6) is 0. The molecule has 0 fully saturated rings. The second kappa shape index (κ2) is 3.91. The molecule has 1 aromatic heterocycles. The third kappa shape index (κ3) is 3.73. The molecule has 0 aliphatic heterocycles. The highest BCUT2D eigenvalue weighted by Crippen LogP contribution is 1.99. The van der Waals surface area contributed by atoms with Crippen molar-refractivity contribution in [2.45, 2.75) is 6.54 Å². The number of hydrogen-bond donors (Lipinski definition) is 2. The average Bonchev–Trinajstić information content (AvgIpc) is 2.10. The zero-order chi connectivity index (χ0) is 8.48. The molecule has 0 aliphatic rings. The first-order valence-electron chi connectivity index (χ1n) is 3.54. The maximum atomic E-state index is 10.7. The van der Waals surface area contributed by atoms with E-state index in [1.54, 1.807) is 6.20 Å². The lowest BCUT2D eigenvalue weighted by molar-refractivity contribution is -0.884. The quantitative estimate of drug-likeness (QED) is 0.525. The number of aromatic nitrogens is 2. The monoisotopic (exact) mass is 235 g/mol. The van der Waals surface area contributed by atoms with Gasteiger partial charge in [-0.05, 0) is 0 Å². The Morgan fingerprint density at radius 1 is 1.42 bits per heavy atom. The summed E-state index contributed by atoms with van der Waals surface area (Å²) < 4.78 is 0.813. The molecule has 5 heteroatoms. The molecule has 4 nitrogen and oxygen atoms in total. The molecule has 2 N–H and O–H groups in total. The molecule has 1 heterocycles. The molecular formula is C7H14BrN3O. The standard InChI is InChI=1S/C7H13N3O.BrH/c1-10(2,3)5-6-4-8-7(11)9-6;/h4H,5H2,1-3H3,(H-,8,9,11);1H. The van der Waals surface area contributed by atoms with Gasteiger partial charge in [0.1, 0.15) is 6.54 Å². The van der Waals surface area contributed by atoms with Gasteiger partial charge in [0, 0.05) is 6.20 Å². The molecule has 0 atom stereocenters. The van der Waals surface area contributed by atoms with Crippen LogP contribution in [-0.2, 0) is 6.54 Å². The van der Waals surface area contributed by atoms with Crippen molar-refractivity contribution in [2.75, 3.05) is 21.1 Å². The summed E-state index contributed by atoms with van der Waals surface area (Å²) in [5.41, 5.74) is 0.816. The van der Waals surface area contributed by atoms with Crippen molar-refractivity contribution in [3.63, 3.8) is 0 Å². The van der Waals surface area contributed by atoms with Gasteiger partial charge < -0.3 is 31.4 Å². The third-order valence-corrected chi connectivity index (χ3v) is 1.30. The third-order valence-electron chi connectivity index (χ3n) is 1.30. The van der Waals surface area contributed by atoms with Gasteiger partial charge in [-0.15, -0.1) is 0 Å². The van der Waals surface area contributed by atoms with Gasteiger partial charge in [-0.3, -0.25) is 0 Å². The first-order valence-corrected chi connectivity index (χ1v) is 3.54. The normalized spacial score (nSPS) is 10.9. The molecule has 70 valence electrons. The Hall–Kier alpha value is -0.550. The molecule has 1 rings (SSSR count). The number of halogens is 1. The van der Waals surface area contributed by atoms with E-state index in [1.165, 1.54) is 0 Å². The Morgan fingerprint density at radius 2 is 2.00 bits per heavy atom. The number of H-pyrrole nitrogens is 2. The van der Waals surface area contributed by atoms with Gasteiger partial charge in [0.2, 0.25) is 0 Å². The van der Waals surface area contributed by atoms with Crippen molar-refractivity contribution in [1.29, 1.82) is 0 Å². The molecule has 0 bridgehead atoms.